The Kier molecular flexibility index (Phi) is 7.39. The monoisotopic (exact) mass is 330 g/mol. The van der Waals surface area contributed by atoms with Gasteiger partial charge in [-0.3, -0.25) is 4.79 Å². The average Bonchev–Trinajstić information content (AvgIpc) is 2.36. The van der Waals surface area contributed by atoms with Crippen LogP contribution in [0, 0.1) is 0 Å². The minimum absolute atomic E-state index is 0.00618. The van der Waals surface area contributed by atoms with Gasteiger partial charge in [-0.25, -0.2) is 0 Å². The molecule has 1 unspecified atom stereocenters. The zero-order chi connectivity index (χ0) is 13.4. The molecular weight excluding hydrogens is 312 g/mol. The molecule has 1 atom stereocenters. The summed E-state index contributed by atoms with van der Waals surface area (Å²) in [6.45, 7) is 2.45. The Labute approximate surface area is 121 Å². The van der Waals surface area contributed by atoms with E-state index < -0.39 is 0 Å². The van der Waals surface area contributed by atoms with Crippen molar-refractivity contribution in [3.05, 3.63) is 28.7 Å². The molecule has 3 nitrogen and oxygen atoms in total. The molecule has 1 aromatic carbocycles. The van der Waals surface area contributed by atoms with E-state index in [9.17, 15) is 4.79 Å². The minimum Gasteiger partial charge on any atom is -0.325 e. The summed E-state index contributed by atoms with van der Waals surface area (Å²) in [5.74, 6) is 1.11. The number of thioether (sulfide) groups is 1. The van der Waals surface area contributed by atoms with E-state index in [-0.39, 0.29) is 5.91 Å². The standard InChI is InChI=1S/C13H19BrN2OS/c1-10(7-8-18-2)15-9-13(17)16-12-5-3-11(14)4-6-12/h3-6,10,15H,7-9H2,1-2H3,(H,16,17). The van der Waals surface area contributed by atoms with Crippen molar-refractivity contribution in [3.63, 3.8) is 0 Å². The molecule has 0 aliphatic heterocycles. The number of anilines is 1. The fourth-order valence-corrected chi connectivity index (χ4v) is 2.26. The number of halogens is 1. The van der Waals surface area contributed by atoms with Crippen molar-refractivity contribution in [2.45, 2.75) is 19.4 Å². The highest BCUT2D eigenvalue weighted by atomic mass is 79.9. The highest BCUT2D eigenvalue weighted by Gasteiger charge is 2.05. The van der Waals surface area contributed by atoms with Gasteiger partial charge in [0, 0.05) is 16.2 Å². The number of carbonyl (C=O) groups excluding carboxylic acids is 1. The number of benzene rings is 1. The first-order chi connectivity index (χ1) is 8.61. The Morgan fingerprint density at radius 1 is 1.39 bits per heavy atom. The Hall–Kier alpha value is -0.520. The molecule has 1 amide bonds. The van der Waals surface area contributed by atoms with Crippen LogP contribution in [-0.4, -0.2) is 30.5 Å². The zero-order valence-electron chi connectivity index (χ0n) is 10.7. The molecule has 0 spiro atoms. The molecular formula is C13H19BrN2OS. The third-order valence-corrected chi connectivity index (χ3v) is 3.67. The summed E-state index contributed by atoms with van der Waals surface area (Å²) in [6, 6.07) is 7.93. The smallest absolute Gasteiger partial charge is 0.238 e. The van der Waals surface area contributed by atoms with Gasteiger partial charge in [-0.1, -0.05) is 15.9 Å². The molecule has 1 rings (SSSR count). The minimum atomic E-state index is -0.00618. The van der Waals surface area contributed by atoms with E-state index in [0.29, 0.717) is 12.6 Å². The second-order valence-electron chi connectivity index (χ2n) is 4.12. The van der Waals surface area contributed by atoms with Crippen molar-refractivity contribution in [2.24, 2.45) is 0 Å². The average molecular weight is 331 g/mol. The van der Waals surface area contributed by atoms with E-state index in [1.54, 1.807) is 0 Å². The predicted octanol–water partition coefficient (Wildman–Crippen LogP) is 3.12. The van der Waals surface area contributed by atoms with Crippen LogP contribution in [0.2, 0.25) is 0 Å². The summed E-state index contributed by atoms with van der Waals surface area (Å²) in [6.07, 6.45) is 3.17. The van der Waals surface area contributed by atoms with Crippen LogP contribution < -0.4 is 10.6 Å². The Morgan fingerprint density at radius 3 is 2.67 bits per heavy atom. The fourth-order valence-electron chi connectivity index (χ4n) is 1.40. The van der Waals surface area contributed by atoms with Crippen molar-refractivity contribution in [3.8, 4) is 0 Å². The van der Waals surface area contributed by atoms with Crippen LogP contribution in [0.25, 0.3) is 0 Å². The molecule has 0 aliphatic rings. The van der Waals surface area contributed by atoms with E-state index in [4.69, 9.17) is 0 Å². The largest absolute Gasteiger partial charge is 0.325 e. The lowest BCUT2D eigenvalue weighted by molar-refractivity contribution is -0.115. The van der Waals surface area contributed by atoms with Crippen LogP contribution in [0.3, 0.4) is 0 Å². The Balaban J connectivity index is 2.27. The van der Waals surface area contributed by atoms with E-state index >= 15 is 0 Å². The number of rotatable bonds is 7. The van der Waals surface area contributed by atoms with Crippen LogP contribution in [-0.2, 0) is 4.79 Å². The lowest BCUT2D eigenvalue weighted by atomic mass is 10.2. The molecule has 0 radical (unpaired) electrons. The van der Waals surface area contributed by atoms with E-state index in [2.05, 4.69) is 39.7 Å². The normalized spacial score (nSPS) is 12.2. The summed E-state index contributed by atoms with van der Waals surface area (Å²) in [5.41, 5.74) is 0.821. The van der Waals surface area contributed by atoms with Crippen molar-refractivity contribution < 1.29 is 4.79 Å². The molecule has 0 saturated carbocycles. The first-order valence-corrected chi connectivity index (χ1v) is 8.08. The number of carbonyl (C=O) groups is 1. The molecule has 5 heteroatoms. The van der Waals surface area contributed by atoms with Crippen LogP contribution >= 0.6 is 27.7 Å². The molecule has 0 aromatic heterocycles. The zero-order valence-corrected chi connectivity index (χ0v) is 13.1. The van der Waals surface area contributed by atoms with Gasteiger partial charge in [0.2, 0.25) is 5.91 Å². The van der Waals surface area contributed by atoms with E-state index in [0.717, 1.165) is 22.3 Å². The topological polar surface area (TPSA) is 41.1 Å². The summed E-state index contributed by atoms with van der Waals surface area (Å²) in [5, 5.41) is 6.07. The predicted molar refractivity (Wildman–Crippen MR) is 83.2 cm³/mol. The van der Waals surface area contributed by atoms with Gasteiger partial charge >= 0.3 is 0 Å². The van der Waals surface area contributed by atoms with Crippen molar-refractivity contribution in [1.82, 2.24) is 5.32 Å². The van der Waals surface area contributed by atoms with Gasteiger partial charge in [0.15, 0.2) is 0 Å². The molecule has 0 saturated heterocycles. The summed E-state index contributed by atoms with van der Waals surface area (Å²) in [4.78, 5) is 11.7. The SMILES string of the molecule is CSCCC(C)NCC(=O)Nc1ccc(Br)cc1. The van der Waals surface area contributed by atoms with E-state index in [1.807, 2.05) is 36.0 Å². The fraction of sp³-hybridized carbons (Fsp3) is 0.462. The highest BCUT2D eigenvalue weighted by molar-refractivity contribution is 9.10. The van der Waals surface area contributed by atoms with Crippen LogP contribution in [0.1, 0.15) is 13.3 Å². The molecule has 18 heavy (non-hydrogen) atoms. The van der Waals surface area contributed by atoms with Gasteiger partial charge in [-0.15, -0.1) is 0 Å². The van der Waals surface area contributed by atoms with Crippen molar-refractivity contribution in [2.75, 3.05) is 23.9 Å². The molecule has 2 N–H and O–H groups in total. The maximum atomic E-state index is 11.7. The van der Waals surface area contributed by atoms with Gasteiger partial charge < -0.3 is 10.6 Å². The lowest BCUT2D eigenvalue weighted by Gasteiger charge is -2.13. The molecule has 0 bridgehead atoms. The first kappa shape index (κ1) is 15.5. The number of hydrogen-bond donors (Lipinski definition) is 2. The molecule has 100 valence electrons. The molecule has 0 fully saturated rings. The van der Waals surface area contributed by atoms with Gasteiger partial charge in [0.1, 0.15) is 0 Å². The van der Waals surface area contributed by atoms with Gasteiger partial charge in [-0.05, 0) is 49.6 Å². The van der Waals surface area contributed by atoms with Crippen LogP contribution in [0.15, 0.2) is 28.7 Å². The Morgan fingerprint density at radius 2 is 2.06 bits per heavy atom. The van der Waals surface area contributed by atoms with Crippen LogP contribution in [0.5, 0.6) is 0 Å². The quantitative estimate of drug-likeness (QED) is 0.807. The number of nitrogens with one attached hydrogen (secondary N) is 2. The van der Waals surface area contributed by atoms with Gasteiger partial charge in [0.05, 0.1) is 6.54 Å². The van der Waals surface area contributed by atoms with Crippen molar-refractivity contribution in [1.29, 1.82) is 0 Å². The van der Waals surface area contributed by atoms with Crippen LogP contribution in [0.4, 0.5) is 5.69 Å². The van der Waals surface area contributed by atoms with Gasteiger partial charge in [0.25, 0.3) is 0 Å². The molecule has 0 aliphatic carbocycles. The summed E-state index contributed by atoms with van der Waals surface area (Å²) >= 11 is 5.18. The number of amides is 1. The number of hydrogen-bond acceptors (Lipinski definition) is 3. The summed E-state index contributed by atoms with van der Waals surface area (Å²) in [7, 11) is 0. The highest BCUT2D eigenvalue weighted by Crippen LogP contribution is 2.13. The summed E-state index contributed by atoms with van der Waals surface area (Å²) < 4.78 is 1.00. The third-order valence-electron chi connectivity index (χ3n) is 2.49. The van der Waals surface area contributed by atoms with E-state index in [1.165, 1.54) is 0 Å². The lowest BCUT2D eigenvalue weighted by Crippen LogP contribution is -2.34. The maximum absolute atomic E-state index is 11.7. The van der Waals surface area contributed by atoms with Crippen molar-refractivity contribution >= 4 is 39.3 Å². The first-order valence-electron chi connectivity index (χ1n) is 5.89. The molecule has 0 heterocycles. The second kappa shape index (κ2) is 8.56. The Bertz CT molecular complexity index is 370. The van der Waals surface area contributed by atoms with Gasteiger partial charge in [-0.2, -0.15) is 11.8 Å². The second-order valence-corrected chi connectivity index (χ2v) is 6.02. The maximum Gasteiger partial charge on any atom is 0.238 e. The molecule has 1 aromatic rings. The third kappa shape index (κ3) is 6.42.